The molecule has 0 aliphatic rings. The lowest BCUT2D eigenvalue weighted by Gasteiger charge is -2.15. The Kier molecular flexibility index (Phi) is 6.85. The lowest BCUT2D eigenvalue weighted by molar-refractivity contribution is -0.131. The first kappa shape index (κ1) is 23.7. The van der Waals surface area contributed by atoms with Crippen LogP contribution in [0, 0.1) is 0 Å². The molecule has 7 nitrogen and oxygen atoms in total. The molecule has 1 atom stereocenters. The molecule has 0 aliphatic carbocycles. The highest BCUT2D eigenvalue weighted by Gasteiger charge is 2.12. The Morgan fingerprint density at radius 1 is 0.973 bits per heavy atom. The Bertz CT molecular complexity index is 1570. The fraction of sp³-hybridized carbons (Fsp3) is 0.0667. The van der Waals surface area contributed by atoms with Crippen LogP contribution in [-0.2, 0) is 4.79 Å². The van der Waals surface area contributed by atoms with Crippen LogP contribution in [0.15, 0.2) is 102 Å². The lowest BCUT2D eigenvalue weighted by Crippen LogP contribution is -2.08. The second-order valence-electron chi connectivity index (χ2n) is 8.59. The van der Waals surface area contributed by atoms with Gasteiger partial charge in [0.05, 0.1) is 11.1 Å². The average Bonchev–Trinajstić information content (AvgIpc) is 3.37. The van der Waals surface area contributed by atoms with Crippen LogP contribution in [-0.4, -0.2) is 32.2 Å². The SMILES string of the molecule is C[C@@H](Nc1ncnc2[nH]c(-c3ccc(N=Cc4ccc(/C=C/C(=O)O)cc4)cc3)cc12)c1ccccc1. The number of hydrogen-bond acceptors (Lipinski definition) is 5. The number of carbonyl (C=O) groups is 1. The summed E-state index contributed by atoms with van der Waals surface area (Å²) < 4.78 is 0. The third-order valence-corrected chi connectivity index (χ3v) is 5.97. The zero-order valence-electron chi connectivity index (χ0n) is 20.2. The molecular weight excluding hydrogens is 462 g/mol. The molecule has 0 fully saturated rings. The number of rotatable bonds is 8. The number of hydrogen-bond donors (Lipinski definition) is 3. The van der Waals surface area contributed by atoms with E-state index in [4.69, 9.17) is 5.11 Å². The van der Waals surface area contributed by atoms with Crippen LogP contribution in [0.4, 0.5) is 11.5 Å². The van der Waals surface area contributed by atoms with Crippen molar-refractivity contribution in [2.24, 2.45) is 4.99 Å². The first-order chi connectivity index (χ1) is 18.0. The fourth-order valence-corrected chi connectivity index (χ4v) is 3.98. The van der Waals surface area contributed by atoms with Crippen molar-refractivity contribution in [3.05, 3.63) is 114 Å². The number of aromatic amines is 1. The van der Waals surface area contributed by atoms with Gasteiger partial charge in [-0.05, 0) is 53.5 Å². The molecule has 0 bridgehead atoms. The molecule has 0 saturated heterocycles. The third-order valence-electron chi connectivity index (χ3n) is 5.97. The van der Waals surface area contributed by atoms with Crippen molar-refractivity contribution < 1.29 is 9.90 Å². The maximum Gasteiger partial charge on any atom is 0.328 e. The number of H-pyrrole nitrogens is 1. The minimum Gasteiger partial charge on any atom is -0.478 e. The van der Waals surface area contributed by atoms with Crippen molar-refractivity contribution in [1.82, 2.24) is 15.0 Å². The van der Waals surface area contributed by atoms with Gasteiger partial charge < -0.3 is 15.4 Å². The molecule has 0 saturated carbocycles. The Labute approximate surface area is 214 Å². The van der Waals surface area contributed by atoms with Gasteiger partial charge >= 0.3 is 5.97 Å². The van der Waals surface area contributed by atoms with E-state index in [0.717, 1.165) is 51.0 Å². The molecular formula is C30H25N5O2. The molecule has 0 amide bonds. The number of aliphatic carboxylic acids is 1. The van der Waals surface area contributed by atoms with E-state index in [0.29, 0.717) is 0 Å². The third kappa shape index (κ3) is 5.79. The summed E-state index contributed by atoms with van der Waals surface area (Å²) in [6.07, 6.45) is 6.02. The Morgan fingerprint density at radius 2 is 1.70 bits per heavy atom. The van der Waals surface area contributed by atoms with Crippen LogP contribution < -0.4 is 5.32 Å². The number of carboxylic acids is 1. The van der Waals surface area contributed by atoms with Gasteiger partial charge in [-0.2, -0.15) is 0 Å². The van der Waals surface area contributed by atoms with Crippen molar-refractivity contribution in [2.45, 2.75) is 13.0 Å². The highest BCUT2D eigenvalue weighted by molar-refractivity contribution is 5.92. The number of benzene rings is 3. The van der Waals surface area contributed by atoms with E-state index in [2.05, 4.69) is 50.4 Å². The monoisotopic (exact) mass is 487 g/mol. The maximum absolute atomic E-state index is 10.6. The predicted molar refractivity (Wildman–Crippen MR) is 148 cm³/mol. The molecule has 0 spiro atoms. The summed E-state index contributed by atoms with van der Waals surface area (Å²) in [7, 11) is 0. The quantitative estimate of drug-likeness (QED) is 0.168. The van der Waals surface area contributed by atoms with Gasteiger partial charge in [-0.15, -0.1) is 0 Å². The molecule has 37 heavy (non-hydrogen) atoms. The van der Waals surface area contributed by atoms with Gasteiger partial charge in [0.15, 0.2) is 0 Å². The van der Waals surface area contributed by atoms with Gasteiger partial charge in [0.1, 0.15) is 17.8 Å². The van der Waals surface area contributed by atoms with E-state index < -0.39 is 5.97 Å². The second kappa shape index (κ2) is 10.7. The van der Waals surface area contributed by atoms with Gasteiger partial charge in [0.2, 0.25) is 0 Å². The van der Waals surface area contributed by atoms with Crippen molar-refractivity contribution in [3.63, 3.8) is 0 Å². The molecule has 0 unspecified atom stereocenters. The van der Waals surface area contributed by atoms with E-state index in [-0.39, 0.29) is 6.04 Å². The van der Waals surface area contributed by atoms with Crippen molar-refractivity contribution in [2.75, 3.05) is 5.32 Å². The Morgan fingerprint density at radius 3 is 2.43 bits per heavy atom. The van der Waals surface area contributed by atoms with Crippen LogP contribution in [0.3, 0.4) is 0 Å². The number of carboxylic acid groups (broad SMARTS) is 1. The number of anilines is 1. The zero-order chi connectivity index (χ0) is 25.6. The summed E-state index contributed by atoms with van der Waals surface area (Å²) in [4.78, 5) is 27.5. The average molecular weight is 488 g/mol. The number of aromatic nitrogens is 3. The summed E-state index contributed by atoms with van der Waals surface area (Å²) >= 11 is 0. The molecule has 2 heterocycles. The summed E-state index contributed by atoms with van der Waals surface area (Å²) in [6, 6.07) is 27.9. The van der Waals surface area contributed by atoms with Gasteiger partial charge in [-0.3, -0.25) is 4.99 Å². The molecule has 0 aliphatic heterocycles. The molecule has 3 aromatic carbocycles. The minimum absolute atomic E-state index is 0.104. The Balaban J connectivity index is 1.30. The smallest absolute Gasteiger partial charge is 0.328 e. The highest BCUT2D eigenvalue weighted by Crippen LogP contribution is 2.29. The normalized spacial score (nSPS) is 12.4. The van der Waals surface area contributed by atoms with E-state index >= 15 is 0 Å². The zero-order valence-corrected chi connectivity index (χ0v) is 20.2. The molecule has 3 N–H and O–H groups in total. The molecule has 182 valence electrons. The second-order valence-corrected chi connectivity index (χ2v) is 8.59. The molecule has 0 radical (unpaired) electrons. The summed E-state index contributed by atoms with van der Waals surface area (Å²) in [6.45, 7) is 2.11. The van der Waals surface area contributed by atoms with Crippen molar-refractivity contribution in [3.8, 4) is 11.3 Å². The van der Waals surface area contributed by atoms with Gasteiger partial charge in [-0.1, -0.05) is 66.7 Å². The highest BCUT2D eigenvalue weighted by atomic mass is 16.4. The van der Waals surface area contributed by atoms with E-state index in [1.54, 1.807) is 18.6 Å². The minimum atomic E-state index is -0.968. The van der Waals surface area contributed by atoms with Gasteiger partial charge in [0.25, 0.3) is 0 Å². The number of nitrogens with zero attached hydrogens (tertiary/aromatic N) is 3. The molecule has 2 aromatic heterocycles. The van der Waals surface area contributed by atoms with Crippen LogP contribution in [0.5, 0.6) is 0 Å². The van der Waals surface area contributed by atoms with Crippen molar-refractivity contribution in [1.29, 1.82) is 0 Å². The van der Waals surface area contributed by atoms with E-state index in [1.165, 1.54) is 5.56 Å². The molecule has 5 rings (SSSR count). The lowest BCUT2D eigenvalue weighted by atomic mass is 10.1. The van der Waals surface area contributed by atoms with E-state index in [1.807, 2.05) is 66.7 Å². The molecule has 7 heteroatoms. The number of aliphatic imine (C=N–C) groups is 1. The summed E-state index contributed by atoms with van der Waals surface area (Å²) in [5, 5.41) is 13.2. The summed E-state index contributed by atoms with van der Waals surface area (Å²) in [5.74, 6) is -0.182. The number of fused-ring (bicyclic) bond motifs is 1. The maximum atomic E-state index is 10.6. The van der Waals surface area contributed by atoms with Crippen LogP contribution >= 0.6 is 0 Å². The van der Waals surface area contributed by atoms with E-state index in [9.17, 15) is 4.79 Å². The van der Waals surface area contributed by atoms with Gasteiger partial charge in [0, 0.05) is 24.0 Å². The fourth-order valence-electron chi connectivity index (χ4n) is 3.98. The van der Waals surface area contributed by atoms with Crippen LogP contribution in [0.2, 0.25) is 0 Å². The first-order valence-corrected chi connectivity index (χ1v) is 11.9. The topological polar surface area (TPSA) is 103 Å². The standard InChI is InChI=1S/C30H25N5O2/c1-20(23-5-3-2-4-6-23)34-29-26-17-27(35-30(26)33-19-32-29)24-12-14-25(15-13-24)31-18-22-9-7-21(8-10-22)11-16-28(36)37/h2-20H,1H3,(H,36,37)(H2,32,33,34,35)/b16-11+,31-18?/t20-/m1/s1. The number of nitrogens with one attached hydrogen (secondary N) is 2. The van der Waals surface area contributed by atoms with Gasteiger partial charge in [-0.25, -0.2) is 14.8 Å². The van der Waals surface area contributed by atoms with Crippen LogP contribution in [0.25, 0.3) is 28.4 Å². The largest absolute Gasteiger partial charge is 0.478 e. The predicted octanol–water partition coefficient (Wildman–Crippen LogP) is 6.65. The van der Waals surface area contributed by atoms with Crippen LogP contribution in [0.1, 0.15) is 29.7 Å². The first-order valence-electron chi connectivity index (χ1n) is 11.9. The van der Waals surface area contributed by atoms with Crippen molar-refractivity contribution >= 4 is 40.8 Å². The molecule has 5 aromatic rings. The summed E-state index contributed by atoms with van der Waals surface area (Å²) in [5.41, 5.74) is 6.51. The Hall–Kier alpha value is -5.04.